The van der Waals surface area contributed by atoms with Crippen molar-refractivity contribution in [2.75, 3.05) is 18.5 Å². The van der Waals surface area contributed by atoms with Crippen molar-refractivity contribution < 1.29 is 9.18 Å². The number of carbonyl (C=O) groups is 1. The van der Waals surface area contributed by atoms with Crippen LogP contribution in [0.4, 0.5) is 10.1 Å². The van der Waals surface area contributed by atoms with Crippen molar-refractivity contribution in [3.8, 4) is 0 Å². The average Bonchev–Trinajstić information content (AvgIpc) is 3.10. The first-order valence-electron chi connectivity index (χ1n) is 5.42. The van der Waals surface area contributed by atoms with Gasteiger partial charge in [0.25, 0.3) is 0 Å². The number of likely N-dealkylation sites (N-methyl/N-ethyl adjacent to an activating group) is 1. The molecule has 86 valence electrons. The highest BCUT2D eigenvalue weighted by atomic mass is 19.1. The number of hydrogen-bond donors (Lipinski definition) is 1. The molecule has 0 radical (unpaired) electrons. The van der Waals surface area contributed by atoms with Gasteiger partial charge in [-0.1, -0.05) is 0 Å². The molecular weight excluding hydrogens is 207 g/mol. The van der Waals surface area contributed by atoms with Crippen LogP contribution in [0.5, 0.6) is 0 Å². The average molecular weight is 222 g/mol. The van der Waals surface area contributed by atoms with Gasteiger partial charge in [0.2, 0.25) is 5.91 Å². The van der Waals surface area contributed by atoms with Gasteiger partial charge >= 0.3 is 0 Å². The molecule has 1 aliphatic rings. The summed E-state index contributed by atoms with van der Waals surface area (Å²) in [5, 5.41) is 3.15. The minimum Gasteiger partial charge on any atom is -0.314 e. The number of amides is 1. The van der Waals surface area contributed by atoms with Crippen LogP contribution in [0.25, 0.3) is 0 Å². The summed E-state index contributed by atoms with van der Waals surface area (Å²) in [7, 11) is 1.70. The molecule has 1 aromatic rings. The largest absolute Gasteiger partial charge is 0.314 e. The van der Waals surface area contributed by atoms with Gasteiger partial charge in [-0.05, 0) is 37.1 Å². The van der Waals surface area contributed by atoms with E-state index in [1.165, 1.54) is 17.0 Å². The van der Waals surface area contributed by atoms with Gasteiger partial charge in [0.1, 0.15) is 5.82 Å². The van der Waals surface area contributed by atoms with Crippen LogP contribution in [-0.2, 0) is 4.79 Å². The van der Waals surface area contributed by atoms with E-state index in [0.29, 0.717) is 18.3 Å². The zero-order valence-electron chi connectivity index (χ0n) is 9.24. The molecule has 1 fully saturated rings. The molecule has 4 heteroatoms. The highest BCUT2D eigenvalue weighted by Gasteiger charge is 2.22. The van der Waals surface area contributed by atoms with E-state index in [1.807, 2.05) is 0 Å². The smallest absolute Gasteiger partial charge is 0.240 e. The van der Waals surface area contributed by atoms with Gasteiger partial charge in [0.15, 0.2) is 0 Å². The summed E-state index contributed by atoms with van der Waals surface area (Å²) in [6, 6.07) is 6.43. The van der Waals surface area contributed by atoms with E-state index in [0.717, 1.165) is 12.8 Å². The summed E-state index contributed by atoms with van der Waals surface area (Å²) in [5.74, 6) is -0.292. The van der Waals surface area contributed by atoms with E-state index in [2.05, 4.69) is 5.32 Å². The molecule has 0 bridgehead atoms. The van der Waals surface area contributed by atoms with Crippen LogP contribution >= 0.6 is 0 Å². The number of nitrogens with zero attached hydrogens (tertiary/aromatic N) is 1. The van der Waals surface area contributed by atoms with Crippen LogP contribution in [0.1, 0.15) is 12.8 Å². The van der Waals surface area contributed by atoms with Gasteiger partial charge < -0.3 is 10.2 Å². The van der Waals surface area contributed by atoms with Gasteiger partial charge in [-0.25, -0.2) is 4.39 Å². The molecule has 0 atom stereocenters. The lowest BCUT2D eigenvalue weighted by atomic mass is 10.3. The minimum absolute atomic E-state index is 0.00138. The third-order valence-electron chi connectivity index (χ3n) is 2.71. The number of hydrogen-bond acceptors (Lipinski definition) is 2. The van der Waals surface area contributed by atoms with E-state index in [9.17, 15) is 9.18 Å². The molecule has 3 nitrogen and oxygen atoms in total. The first-order valence-corrected chi connectivity index (χ1v) is 5.42. The summed E-state index contributed by atoms with van der Waals surface area (Å²) < 4.78 is 12.7. The van der Waals surface area contributed by atoms with Gasteiger partial charge in [-0.15, -0.1) is 0 Å². The second-order valence-electron chi connectivity index (χ2n) is 4.08. The van der Waals surface area contributed by atoms with Crippen LogP contribution in [-0.4, -0.2) is 25.5 Å². The molecule has 1 amide bonds. The number of anilines is 1. The molecule has 0 spiro atoms. The first kappa shape index (κ1) is 11.1. The summed E-state index contributed by atoms with van der Waals surface area (Å²) in [5.41, 5.74) is 0.712. The lowest BCUT2D eigenvalue weighted by Gasteiger charge is -2.17. The van der Waals surface area contributed by atoms with Crippen LogP contribution in [0.15, 0.2) is 24.3 Å². The van der Waals surface area contributed by atoms with Gasteiger partial charge in [0, 0.05) is 18.8 Å². The maximum absolute atomic E-state index is 12.7. The third-order valence-corrected chi connectivity index (χ3v) is 2.71. The monoisotopic (exact) mass is 222 g/mol. The van der Waals surface area contributed by atoms with Crippen molar-refractivity contribution in [1.82, 2.24) is 5.32 Å². The number of benzene rings is 1. The van der Waals surface area contributed by atoms with E-state index < -0.39 is 0 Å². The fourth-order valence-electron chi connectivity index (χ4n) is 1.45. The fourth-order valence-corrected chi connectivity index (χ4v) is 1.45. The Morgan fingerprint density at radius 1 is 1.44 bits per heavy atom. The molecule has 0 saturated heterocycles. The van der Waals surface area contributed by atoms with Crippen LogP contribution < -0.4 is 10.2 Å². The highest BCUT2D eigenvalue weighted by Crippen LogP contribution is 2.18. The third kappa shape index (κ3) is 2.79. The number of nitrogens with one attached hydrogen (secondary N) is 1. The quantitative estimate of drug-likeness (QED) is 0.838. The first-order chi connectivity index (χ1) is 7.66. The highest BCUT2D eigenvalue weighted by molar-refractivity contribution is 5.94. The van der Waals surface area contributed by atoms with Gasteiger partial charge in [-0.3, -0.25) is 4.79 Å². The van der Waals surface area contributed by atoms with Crippen LogP contribution in [0, 0.1) is 5.82 Å². The van der Waals surface area contributed by atoms with E-state index in [1.54, 1.807) is 19.2 Å². The van der Waals surface area contributed by atoms with Crippen molar-refractivity contribution in [1.29, 1.82) is 0 Å². The zero-order valence-corrected chi connectivity index (χ0v) is 9.24. The molecule has 1 aliphatic carbocycles. The molecule has 1 aromatic carbocycles. The molecule has 2 rings (SSSR count). The second kappa shape index (κ2) is 4.61. The Morgan fingerprint density at radius 2 is 2.06 bits per heavy atom. The number of rotatable bonds is 4. The molecule has 1 N–H and O–H groups in total. The summed E-state index contributed by atoms with van der Waals surface area (Å²) in [6.07, 6.45) is 2.32. The van der Waals surface area contributed by atoms with Crippen LogP contribution in [0.3, 0.4) is 0 Å². The Bertz CT molecular complexity index is 373. The standard InChI is InChI=1S/C12H15FN2O/c1-15(11-6-2-9(13)3-7-11)12(16)8-14-10-4-5-10/h2-3,6-7,10,14H,4-5,8H2,1H3. The number of halogens is 1. The predicted octanol–water partition coefficient (Wildman–Crippen LogP) is 1.54. The summed E-state index contributed by atoms with van der Waals surface area (Å²) in [4.78, 5) is 13.3. The Morgan fingerprint density at radius 3 is 2.62 bits per heavy atom. The van der Waals surface area contributed by atoms with Crippen molar-refractivity contribution in [3.63, 3.8) is 0 Å². The minimum atomic E-state index is -0.291. The van der Waals surface area contributed by atoms with Crippen molar-refractivity contribution >= 4 is 11.6 Å². The predicted molar refractivity (Wildman–Crippen MR) is 60.8 cm³/mol. The lowest BCUT2D eigenvalue weighted by molar-refractivity contribution is -0.117. The lowest BCUT2D eigenvalue weighted by Crippen LogP contribution is -2.36. The van der Waals surface area contributed by atoms with Gasteiger partial charge in [-0.2, -0.15) is 0 Å². The molecule has 0 aromatic heterocycles. The molecule has 16 heavy (non-hydrogen) atoms. The topological polar surface area (TPSA) is 32.3 Å². The molecular formula is C12H15FN2O. The fraction of sp³-hybridized carbons (Fsp3) is 0.417. The normalized spacial score (nSPS) is 14.9. The Balaban J connectivity index is 1.91. The van der Waals surface area contributed by atoms with Crippen molar-refractivity contribution in [2.24, 2.45) is 0 Å². The van der Waals surface area contributed by atoms with Crippen LogP contribution in [0.2, 0.25) is 0 Å². The Kier molecular flexibility index (Phi) is 3.19. The van der Waals surface area contributed by atoms with Crippen molar-refractivity contribution in [3.05, 3.63) is 30.1 Å². The molecule has 0 aliphatic heterocycles. The maximum atomic E-state index is 12.7. The molecule has 0 heterocycles. The Hall–Kier alpha value is -1.42. The summed E-state index contributed by atoms with van der Waals surface area (Å²) >= 11 is 0. The molecule has 1 saturated carbocycles. The Labute approximate surface area is 94.3 Å². The second-order valence-corrected chi connectivity index (χ2v) is 4.08. The van der Waals surface area contributed by atoms with E-state index >= 15 is 0 Å². The van der Waals surface area contributed by atoms with E-state index in [-0.39, 0.29) is 11.7 Å². The van der Waals surface area contributed by atoms with E-state index in [4.69, 9.17) is 0 Å². The zero-order chi connectivity index (χ0) is 11.5. The van der Waals surface area contributed by atoms with Crippen molar-refractivity contribution in [2.45, 2.75) is 18.9 Å². The SMILES string of the molecule is CN(C(=O)CNC1CC1)c1ccc(F)cc1. The molecule has 0 unspecified atom stereocenters. The summed E-state index contributed by atoms with van der Waals surface area (Å²) in [6.45, 7) is 0.346. The van der Waals surface area contributed by atoms with Gasteiger partial charge in [0.05, 0.1) is 6.54 Å². The number of carbonyl (C=O) groups excluding carboxylic acids is 1. The maximum Gasteiger partial charge on any atom is 0.240 e.